The lowest BCUT2D eigenvalue weighted by atomic mass is 10.0. The predicted octanol–water partition coefficient (Wildman–Crippen LogP) is 2.85. The van der Waals surface area contributed by atoms with Crippen LogP contribution in [0.3, 0.4) is 0 Å². The maximum absolute atomic E-state index is 4.27. The van der Waals surface area contributed by atoms with Gasteiger partial charge in [0.15, 0.2) is 0 Å². The Morgan fingerprint density at radius 2 is 2.32 bits per heavy atom. The van der Waals surface area contributed by atoms with Crippen LogP contribution in [0.5, 0.6) is 0 Å². The Balaban J connectivity index is 1.67. The van der Waals surface area contributed by atoms with Crippen molar-refractivity contribution in [3.63, 3.8) is 0 Å². The number of nitrogens with one attached hydrogen (secondary N) is 1. The molecule has 1 aliphatic rings. The molecule has 2 aromatic rings. The number of hydrogen-bond acceptors (Lipinski definition) is 3. The third-order valence-electron chi connectivity index (χ3n) is 3.48. The zero-order chi connectivity index (χ0) is 13.1. The lowest BCUT2D eigenvalue weighted by Gasteiger charge is -2.29. The van der Waals surface area contributed by atoms with Crippen LogP contribution in [0.25, 0.3) is 0 Å². The van der Waals surface area contributed by atoms with Gasteiger partial charge in [0.05, 0.1) is 6.54 Å². The van der Waals surface area contributed by atoms with Gasteiger partial charge in [-0.05, 0) is 24.1 Å². The molecule has 0 saturated carbocycles. The SMILES string of the molecule is CC(Cn1cccn1)NC1CSCc2ccccc21. The molecule has 1 aromatic heterocycles. The maximum atomic E-state index is 4.27. The molecule has 1 aromatic carbocycles. The summed E-state index contributed by atoms with van der Waals surface area (Å²) < 4.78 is 1.99. The van der Waals surface area contributed by atoms with Crippen molar-refractivity contribution >= 4 is 11.8 Å². The summed E-state index contributed by atoms with van der Waals surface area (Å²) in [6.07, 6.45) is 3.85. The number of fused-ring (bicyclic) bond motifs is 1. The first-order valence-corrected chi connectivity index (χ1v) is 7.87. The third kappa shape index (κ3) is 3.01. The zero-order valence-electron chi connectivity index (χ0n) is 11.1. The molecule has 1 N–H and O–H groups in total. The maximum Gasteiger partial charge on any atom is 0.0560 e. The average molecular weight is 273 g/mol. The van der Waals surface area contributed by atoms with E-state index in [9.17, 15) is 0 Å². The first kappa shape index (κ1) is 12.8. The molecule has 3 nitrogen and oxygen atoms in total. The minimum absolute atomic E-state index is 0.414. The largest absolute Gasteiger partial charge is 0.305 e. The van der Waals surface area contributed by atoms with Crippen LogP contribution in [0.1, 0.15) is 24.1 Å². The Bertz CT molecular complexity index is 524. The Hall–Kier alpha value is -1.26. The quantitative estimate of drug-likeness (QED) is 0.929. The van der Waals surface area contributed by atoms with Crippen molar-refractivity contribution < 1.29 is 0 Å². The third-order valence-corrected chi connectivity index (χ3v) is 4.56. The number of thioether (sulfide) groups is 1. The molecule has 0 aliphatic carbocycles. The second-order valence-corrected chi connectivity index (χ2v) is 6.09. The smallest absolute Gasteiger partial charge is 0.0560 e. The van der Waals surface area contributed by atoms with E-state index < -0.39 is 0 Å². The van der Waals surface area contributed by atoms with Gasteiger partial charge in [-0.2, -0.15) is 16.9 Å². The van der Waals surface area contributed by atoms with Crippen LogP contribution < -0.4 is 5.32 Å². The molecule has 19 heavy (non-hydrogen) atoms. The normalized spacial score (nSPS) is 19.9. The first-order valence-electron chi connectivity index (χ1n) is 6.72. The van der Waals surface area contributed by atoms with Crippen molar-refractivity contribution in [3.05, 3.63) is 53.9 Å². The molecule has 0 amide bonds. The Labute approximate surface area is 118 Å². The van der Waals surface area contributed by atoms with Crippen LogP contribution in [0.15, 0.2) is 42.7 Å². The van der Waals surface area contributed by atoms with E-state index in [1.165, 1.54) is 11.1 Å². The highest BCUT2D eigenvalue weighted by atomic mass is 32.2. The van der Waals surface area contributed by atoms with Gasteiger partial charge >= 0.3 is 0 Å². The standard InChI is InChI=1S/C15H19N3S/c1-12(9-18-8-4-7-16-18)17-15-11-19-10-13-5-2-3-6-14(13)15/h2-8,12,15,17H,9-11H2,1H3. The van der Waals surface area contributed by atoms with Gasteiger partial charge in [-0.3, -0.25) is 4.68 Å². The lowest BCUT2D eigenvalue weighted by Crippen LogP contribution is -2.36. The van der Waals surface area contributed by atoms with Gasteiger partial charge in [0.1, 0.15) is 0 Å². The fraction of sp³-hybridized carbons (Fsp3) is 0.400. The second-order valence-electron chi connectivity index (χ2n) is 5.06. The molecular formula is C15H19N3S. The average Bonchev–Trinajstić information content (AvgIpc) is 2.92. The van der Waals surface area contributed by atoms with Gasteiger partial charge in [0, 0.05) is 36.0 Å². The summed E-state index contributed by atoms with van der Waals surface area (Å²) in [4.78, 5) is 0. The van der Waals surface area contributed by atoms with Gasteiger partial charge in [0.2, 0.25) is 0 Å². The Morgan fingerprint density at radius 1 is 1.42 bits per heavy atom. The number of nitrogens with zero attached hydrogens (tertiary/aromatic N) is 2. The van der Waals surface area contributed by atoms with E-state index in [2.05, 4.69) is 41.6 Å². The number of aromatic nitrogens is 2. The van der Waals surface area contributed by atoms with Crippen molar-refractivity contribution in [2.75, 3.05) is 5.75 Å². The topological polar surface area (TPSA) is 29.9 Å². The first-order chi connectivity index (χ1) is 9.33. The Kier molecular flexibility index (Phi) is 3.89. The van der Waals surface area contributed by atoms with Gasteiger partial charge in [-0.25, -0.2) is 0 Å². The summed E-state index contributed by atoms with van der Waals surface area (Å²) in [5.74, 6) is 2.29. The number of rotatable bonds is 4. The molecule has 0 radical (unpaired) electrons. The van der Waals surface area contributed by atoms with E-state index >= 15 is 0 Å². The van der Waals surface area contributed by atoms with Gasteiger partial charge in [-0.15, -0.1) is 0 Å². The molecule has 2 atom stereocenters. The van der Waals surface area contributed by atoms with Crippen molar-refractivity contribution in [2.24, 2.45) is 0 Å². The summed E-state index contributed by atoms with van der Waals surface area (Å²) in [5.41, 5.74) is 2.94. The fourth-order valence-corrected chi connectivity index (χ4v) is 3.72. The van der Waals surface area contributed by atoms with Crippen molar-refractivity contribution in [2.45, 2.75) is 31.3 Å². The van der Waals surface area contributed by atoms with E-state index in [-0.39, 0.29) is 0 Å². The highest BCUT2D eigenvalue weighted by molar-refractivity contribution is 7.98. The molecular weight excluding hydrogens is 254 g/mol. The van der Waals surface area contributed by atoms with Crippen LogP contribution in [-0.2, 0) is 12.3 Å². The summed E-state index contributed by atoms with van der Waals surface area (Å²) in [5, 5.41) is 8.00. The van der Waals surface area contributed by atoms with Gasteiger partial charge in [0.25, 0.3) is 0 Å². The molecule has 4 heteroatoms. The van der Waals surface area contributed by atoms with Gasteiger partial charge < -0.3 is 5.32 Å². The Morgan fingerprint density at radius 3 is 3.16 bits per heavy atom. The highest BCUT2D eigenvalue weighted by Gasteiger charge is 2.21. The van der Waals surface area contributed by atoms with Gasteiger partial charge in [-0.1, -0.05) is 24.3 Å². The van der Waals surface area contributed by atoms with Crippen LogP contribution in [0, 0.1) is 0 Å². The summed E-state index contributed by atoms with van der Waals surface area (Å²) >= 11 is 2.01. The molecule has 0 fully saturated rings. The molecule has 2 heterocycles. The lowest BCUT2D eigenvalue weighted by molar-refractivity contribution is 0.414. The molecule has 2 unspecified atom stereocenters. The number of benzene rings is 1. The summed E-state index contributed by atoms with van der Waals surface area (Å²) in [7, 11) is 0. The van der Waals surface area contributed by atoms with E-state index in [4.69, 9.17) is 0 Å². The minimum atomic E-state index is 0.414. The van der Waals surface area contributed by atoms with Crippen LogP contribution in [0.4, 0.5) is 0 Å². The molecule has 3 rings (SSSR count). The predicted molar refractivity (Wildman–Crippen MR) is 80.2 cm³/mol. The summed E-state index contributed by atoms with van der Waals surface area (Å²) in [6.45, 7) is 3.14. The van der Waals surface area contributed by atoms with Crippen molar-refractivity contribution in [1.82, 2.24) is 15.1 Å². The van der Waals surface area contributed by atoms with E-state index in [0.29, 0.717) is 12.1 Å². The van der Waals surface area contributed by atoms with E-state index in [0.717, 1.165) is 18.1 Å². The molecule has 0 spiro atoms. The molecule has 100 valence electrons. The van der Waals surface area contributed by atoms with Crippen LogP contribution >= 0.6 is 11.8 Å². The van der Waals surface area contributed by atoms with Crippen molar-refractivity contribution in [3.8, 4) is 0 Å². The second kappa shape index (κ2) is 5.80. The monoisotopic (exact) mass is 273 g/mol. The molecule has 0 bridgehead atoms. The summed E-state index contributed by atoms with van der Waals surface area (Å²) in [6, 6.07) is 11.6. The fourth-order valence-electron chi connectivity index (χ4n) is 2.61. The van der Waals surface area contributed by atoms with Crippen LogP contribution in [0.2, 0.25) is 0 Å². The zero-order valence-corrected chi connectivity index (χ0v) is 11.9. The van der Waals surface area contributed by atoms with E-state index in [1.807, 2.05) is 34.9 Å². The minimum Gasteiger partial charge on any atom is -0.305 e. The highest BCUT2D eigenvalue weighted by Crippen LogP contribution is 2.31. The number of hydrogen-bond donors (Lipinski definition) is 1. The molecule has 0 saturated heterocycles. The van der Waals surface area contributed by atoms with Crippen molar-refractivity contribution in [1.29, 1.82) is 0 Å². The van der Waals surface area contributed by atoms with E-state index in [1.54, 1.807) is 0 Å². The van der Waals surface area contributed by atoms with Crippen LogP contribution in [-0.4, -0.2) is 21.6 Å². The molecule has 1 aliphatic heterocycles.